The summed E-state index contributed by atoms with van der Waals surface area (Å²) in [6.45, 7) is 9.70. The Hall–Kier alpha value is 0.300. The molecule has 0 atom stereocenters. The second kappa shape index (κ2) is 17.7. The van der Waals surface area contributed by atoms with Gasteiger partial charge >= 0.3 is 141 Å². The van der Waals surface area contributed by atoms with Crippen molar-refractivity contribution in [3.05, 3.63) is 0 Å². The fourth-order valence-electron chi connectivity index (χ4n) is 3.31. The van der Waals surface area contributed by atoms with Crippen molar-refractivity contribution < 1.29 is 17.5 Å². The Morgan fingerprint density at radius 3 is 1.04 bits per heavy atom. The molecule has 4 nitrogen and oxygen atoms in total. The van der Waals surface area contributed by atoms with E-state index in [0.717, 1.165) is 0 Å². The van der Waals surface area contributed by atoms with Crippen LogP contribution >= 0.6 is 7.26 Å². The SMILES string of the molecule is CCCCCC[PH](C)(CCCCCC)CCCCCC.O=S(=O)(O)O. The molecule has 0 amide bonds. The first kappa shape index (κ1) is 27.5. The molecule has 0 spiro atoms. The molecule has 0 radical (unpaired) electrons. The molecule has 0 aromatic heterocycles. The molecule has 156 valence electrons. The molecular weight excluding hydrogens is 355 g/mol. The zero-order valence-corrected chi connectivity index (χ0v) is 19.0. The summed E-state index contributed by atoms with van der Waals surface area (Å²) in [5.41, 5.74) is 0. The van der Waals surface area contributed by atoms with Crippen LogP contribution in [0.3, 0.4) is 0 Å². The zero-order valence-electron chi connectivity index (χ0n) is 17.2. The molecule has 0 aromatic rings. The normalized spacial score (nSPS) is 12.6. The summed E-state index contributed by atoms with van der Waals surface area (Å²) < 4.78 is 31.6. The third kappa shape index (κ3) is 26.6. The van der Waals surface area contributed by atoms with Crippen molar-refractivity contribution in [2.45, 2.75) is 97.8 Å². The van der Waals surface area contributed by atoms with E-state index in [0.29, 0.717) is 0 Å². The van der Waals surface area contributed by atoms with Gasteiger partial charge in [0.15, 0.2) is 0 Å². The summed E-state index contributed by atoms with van der Waals surface area (Å²) in [5, 5.41) is 0. The topological polar surface area (TPSA) is 74.6 Å². The van der Waals surface area contributed by atoms with Gasteiger partial charge in [0.25, 0.3) is 0 Å². The third-order valence-electron chi connectivity index (χ3n) is 4.90. The Morgan fingerprint density at radius 2 is 0.840 bits per heavy atom. The molecule has 0 rings (SSSR count). The molecule has 0 unspecified atom stereocenters. The van der Waals surface area contributed by atoms with Crippen LogP contribution in [0.5, 0.6) is 0 Å². The van der Waals surface area contributed by atoms with Gasteiger partial charge in [-0.05, 0) is 0 Å². The molecule has 0 aromatic carbocycles. The Bertz CT molecular complexity index is 332. The molecule has 0 aliphatic carbocycles. The van der Waals surface area contributed by atoms with E-state index in [9.17, 15) is 0 Å². The van der Waals surface area contributed by atoms with Gasteiger partial charge in [-0.15, -0.1) is 0 Å². The minimum atomic E-state index is -4.67. The van der Waals surface area contributed by atoms with Gasteiger partial charge in [0.2, 0.25) is 0 Å². The number of hydrogen-bond donors (Lipinski definition) is 2. The van der Waals surface area contributed by atoms with Crippen LogP contribution in [0.25, 0.3) is 0 Å². The Morgan fingerprint density at radius 1 is 0.600 bits per heavy atom. The van der Waals surface area contributed by atoms with E-state index in [1.165, 1.54) is 77.0 Å². The number of unbranched alkanes of at least 4 members (excludes halogenated alkanes) is 9. The molecule has 0 heterocycles. The number of rotatable bonds is 15. The van der Waals surface area contributed by atoms with E-state index in [2.05, 4.69) is 27.4 Å². The first-order chi connectivity index (χ1) is 11.7. The first-order valence-electron chi connectivity index (χ1n) is 10.4. The van der Waals surface area contributed by atoms with Crippen molar-refractivity contribution >= 4 is 17.7 Å². The van der Waals surface area contributed by atoms with Gasteiger partial charge in [0.05, 0.1) is 0 Å². The fourth-order valence-corrected chi connectivity index (χ4v) is 7.37. The summed E-state index contributed by atoms with van der Waals surface area (Å²) in [7, 11) is -5.57. The van der Waals surface area contributed by atoms with Gasteiger partial charge in [0, 0.05) is 0 Å². The fraction of sp³-hybridized carbons (Fsp3) is 1.00. The van der Waals surface area contributed by atoms with Crippen molar-refractivity contribution in [2.24, 2.45) is 0 Å². The van der Waals surface area contributed by atoms with E-state index in [1.54, 1.807) is 18.5 Å². The minimum absolute atomic E-state index is 0.899. The van der Waals surface area contributed by atoms with E-state index >= 15 is 0 Å². The maximum Gasteiger partial charge on any atom is 0.394 e. The molecule has 0 aliphatic heterocycles. The van der Waals surface area contributed by atoms with E-state index in [4.69, 9.17) is 17.5 Å². The largest absolute Gasteiger partial charge is 0.394 e. The predicted octanol–water partition coefficient (Wildman–Crippen LogP) is 6.45. The van der Waals surface area contributed by atoms with Gasteiger partial charge < -0.3 is 0 Å². The van der Waals surface area contributed by atoms with Crippen LogP contribution in [-0.2, 0) is 10.4 Å². The summed E-state index contributed by atoms with van der Waals surface area (Å²) >= 11 is 0. The van der Waals surface area contributed by atoms with Gasteiger partial charge in [-0.25, -0.2) is 0 Å². The average Bonchev–Trinajstić information content (AvgIpc) is 2.51. The van der Waals surface area contributed by atoms with Crippen molar-refractivity contribution in [3.63, 3.8) is 0 Å². The van der Waals surface area contributed by atoms with E-state index in [-0.39, 0.29) is 0 Å². The molecule has 2 N–H and O–H groups in total. The van der Waals surface area contributed by atoms with E-state index in [1.807, 2.05) is 0 Å². The molecule has 0 fully saturated rings. The van der Waals surface area contributed by atoms with Crippen molar-refractivity contribution in [1.29, 1.82) is 0 Å². The summed E-state index contributed by atoms with van der Waals surface area (Å²) in [5.74, 6) is 0. The van der Waals surface area contributed by atoms with Gasteiger partial charge in [0.1, 0.15) is 0 Å². The monoisotopic (exact) mass is 400 g/mol. The third-order valence-corrected chi connectivity index (χ3v) is 9.58. The summed E-state index contributed by atoms with van der Waals surface area (Å²) in [6.07, 6.45) is 22.4. The van der Waals surface area contributed by atoms with Crippen LogP contribution in [0.15, 0.2) is 0 Å². The molecule has 0 bridgehead atoms. The van der Waals surface area contributed by atoms with Gasteiger partial charge in [-0.1, -0.05) is 0 Å². The summed E-state index contributed by atoms with van der Waals surface area (Å²) in [6, 6.07) is 0. The van der Waals surface area contributed by atoms with Crippen LogP contribution in [0, 0.1) is 0 Å². The Balaban J connectivity index is 0. The second-order valence-corrected chi connectivity index (χ2v) is 13.7. The molecule has 0 aliphatic rings. The van der Waals surface area contributed by atoms with Crippen LogP contribution < -0.4 is 0 Å². The standard InChI is InChI=1S/C19H43P.H2O4S/c1-5-8-11-14-17-20(4,18-15-12-9-6-2)19-16-13-10-7-3;1-5(2,3)4/h20H,5-19H2,1-4H3;(H2,1,2,3,4). The Kier molecular flexibility index (Phi) is 19.5. The quantitative estimate of drug-likeness (QED) is 0.188. The van der Waals surface area contributed by atoms with Gasteiger partial charge in [-0.2, -0.15) is 8.42 Å². The molecule has 25 heavy (non-hydrogen) atoms. The van der Waals surface area contributed by atoms with Crippen molar-refractivity contribution in [1.82, 2.24) is 0 Å². The van der Waals surface area contributed by atoms with Crippen LogP contribution in [-0.4, -0.2) is 42.7 Å². The minimum Gasteiger partial charge on any atom is -0.264 e. The predicted molar refractivity (Wildman–Crippen MR) is 115 cm³/mol. The summed E-state index contributed by atoms with van der Waals surface area (Å²) in [4.78, 5) is 0. The first-order valence-corrected chi connectivity index (χ1v) is 14.9. The smallest absolute Gasteiger partial charge is 0.264 e. The van der Waals surface area contributed by atoms with E-state index < -0.39 is 17.7 Å². The molecule has 0 saturated carbocycles. The van der Waals surface area contributed by atoms with Crippen LogP contribution in [0.2, 0.25) is 0 Å². The molecular formula is C19H45O4PS. The molecule has 0 saturated heterocycles. The van der Waals surface area contributed by atoms with Crippen molar-refractivity contribution in [3.8, 4) is 0 Å². The Labute approximate surface area is 158 Å². The molecule has 6 heteroatoms. The van der Waals surface area contributed by atoms with Gasteiger partial charge in [-0.3, -0.25) is 9.11 Å². The maximum atomic E-state index is 8.74. The van der Waals surface area contributed by atoms with Crippen LogP contribution in [0.4, 0.5) is 0 Å². The van der Waals surface area contributed by atoms with Crippen LogP contribution in [0.1, 0.15) is 97.8 Å². The zero-order chi connectivity index (χ0) is 19.6. The average molecular weight is 401 g/mol. The van der Waals surface area contributed by atoms with Crippen molar-refractivity contribution in [2.75, 3.05) is 25.2 Å². The second-order valence-electron chi connectivity index (χ2n) is 7.69. The number of hydrogen-bond acceptors (Lipinski definition) is 2. The maximum absolute atomic E-state index is 8.74.